The van der Waals surface area contributed by atoms with Gasteiger partial charge in [-0.25, -0.2) is 14.2 Å². The predicted octanol–water partition coefficient (Wildman–Crippen LogP) is 3.19. The minimum absolute atomic E-state index is 0.279. The minimum atomic E-state index is -0.553. The van der Waals surface area contributed by atoms with E-state index in [1.54, 1.807) is 18.2 Å². The molecule has 0 saturated carbocycles. The number of esters is 1. The third-order valence-electron chi connectivity index (χ3n) is 2.59. The molecule has 5 heteroatoms. The molecule has 1 heterocycles. The van der Waals surface area contributed by atoms with Gasteiger partial charge in [-0.1, -0.05) is 0 Å². The molecule has 0 aliphatic rings. The average Bonchev–Trinajstić information content (AvgIpc) is 2.87. The molecule has 0 fully saturated rings. The van der Waals surface area contributed by atoms with Crippen LogP contribution < -0.4 is 4.74 Å². The van der Waals surface area contributed by atoms with Gasteiger partial charge in [0.05, 0.1) is 5.56 Å². The Hall–Kier alpha value is -2.69. The molecule has 3 aromatic rings. The van der Waals surface area contributed by atoms with Crippen LogP contribution in [-0.4, -0.2) is 11.0 Å². The Labute approximate surface area is 107 Å². The summed E-state index contributed by atoms with van der Waals surface area (Å²) in [7, 11) is 0. The second-order valence-corrected chi connectivity index (χ2v) is 3.88. The lowest BCUT2D eigenvalue weighted by molar-refractivity contribution is 0.0735. The van der Waals surface area contributed by atoms with Gasteiger partial charge in [0.1, 0.15) is 17.1 Å². The van der Waals surface area contributed by atoms with Gasteiger partial charge in [-0.15, -0.1) is 0 Å². The molecule has 0 spiro atoms. The number of carbonyl (C=O) groups excluding carboxylic acids is 1. The molecule has 2 aromatic carbocycles. The average molecular weight is 257 g/mol. The molecule has 0 atom stereocenters. The third kappa shape index (κ3) is 2.30. The van der Waals surface area contributed by atoms with Gasteiger partial charge in [-0.05, 0) is 36.4 Å². The molecule has 19 heavy (non-hydrogen) atoms. The zero-order valence-corrected chi connectivity index (χ0v) is 9.67. The Morgan fingerprint density at radius 3 is 2.74 bits per heavy atom. The molecule has 0 saturated heterocycles. The first-order valence-corrected chi connectivity index (χ1v) is 5.53. The number of fused-ring (bicyclic) bond motifs is 1. The van der Waals surface area contributed by atoms with Crippen molar-refractivity contribution in [2.75, 3.05) is 0 Å². The van der Waals surface area contributed by atoms with Gasteiger partial charge in [0.2, 0.25) is 0 Å². The maximum Gasteiger partial charge on any atom is 0.343 e. The van der Waals surface area contributed by atoms with Crippen molar-refractivity contribution in [3.63, 3.8) is 0 Å². The fourth-order valence-electron chi connectivity index (χ4n) is 1.65. The Morgan fingerprint density at radius 1 is 1.16 bits per heavy atom. The summed E-state index contributed by atoms with van der Waals surface area (Å²) in [5.41, 5.74) is 1.49. The molecule has 94 valence electrons. The number of halogens is 1. The van der Waals surface area contributed by atoms with Crippen LogP contribution in [0.2, 0.25) is 0 Å². The van der Waals surface area contributed by atoms with Crippen molar-refractivity contribution in [1.29, 1.82) is 0 Å². The van der Waals surface area contributed by atoms with Crippen molar-refractivity contribution in [2.45, 2.75) is 0 Å². The summed E-state index contributed by atoms with van der Waals surface area (Å²) in [6.07, 6.45) is 1.32. The Kier molecular flexibility index (Phi) is 2.72. The fourth-order valence-corrected chi connectivity index (χ4v) is 1.65. The van der Waals surface area contributed by atoms with E-state index in [9.17, 15) is 9.18 Å². The molecule has 0 aliphatic carbocycles. The number of oxazole rings is 1. The van der Waals surface area contributed by atoms with Crippen LogP contribution in [0.15, 0.2) is 53.3 Å². The van der Waals surface area contributed by atoms with E-state index in [0.717, 1.165) is 0 Å². The second-order valence-electron chi connectivity index (χ2n) is 3.88. The predicted molar refractivity (Wildman–Crippen MR) is 65.4 cm³/mol. The van der Waals surface area contributed by atoms with Crippen LogP contribution in [0.25, 0.3) is 11.1 Å². The molecule has 0 radical (unpaired) electrons. The highest BCUT2D eigenvalue weighted by molar-refractivity contribution is 5.91. The molecule has 0 aliphatic heterocycles. The second kappa shape index (κ2) is 4.53. The summed E-state index contributed by atoms with van der Waals surface area (Å²) in [6.45, 7) is 0. The lowest BCUT2D eigenvalue weighted by atomic mass is 10.2. The SMILES string of the molecule is O=C(Oc1ccc2ocnc2c1)c1ccc(F)cc1. The normalized spacial score (nSPS) is 10.6. The van der Waals surface area contributed by atoms with Gasteiger partial charge in [-0.3, -0.25) is 0 Å². The quantitative estimate of drug-likeness (QED) is 0.522. The van der Waals surface area contributed by atoms with Crippen molar-refractivity contribution in [1.82, 2.24) is 4.98 Å². The lowest BCUT2D eigenvalue weighted by Gasteiger charge is -2.03. The maximum atomic E-state index is 12.7. The van der Waals surface area contributed by atoms with Crippen LogP contribution in [0.4, 0.5) is 4.39 Å². The van der Waals surface area contributed by atoms with E-state index in [1.165, 1.54) is 30.7 Å². The number of nitrogens with zero attached hydrogens (tertiary/aromatic N) is 1. The zero-order chi connectivity index (χ0) is 13.2. The van der Waals surface area contributed by atoms with Gasteiger partial charge in [0, 0.05) is 6.07 Å². The van der Waals surface area contributed by atoms with Crippen LogP contribution in [0.1, 0.15) is 10.4 Å². The van der Waals surface area contributed by atoms with Crippen molar-refractivity contribution >= 4 is 17.1 Å². The maximum absolute atomic E-state index is 12.7. The number of rotatable bonds is 2. The van der Waals surface area contributed by atoms with Crippen molar-refractivity contribution in [2.24, 2.45) is 0 Å². The first-order valence-electron chi connectivity index (χ1n) is 5.53. The summed E-state index contributed by atoms with van der Waals surface area (Å²) < 4.78 is 23.0. The Morgan fingerprint density at radius 2 is 1.95 bits per heavy atom. The van der Waals surface area contributed by atoms with Gasteiger partial charge in [0.15, 0.2) is 12.0 Å². The van der Waals surface area contributed by atoms with Gasteiger partial charge in [-0.2, -0.15) is 0 Å². The number of hydrogen-bond donors (Lipinski definition) is 0. The van der Waals surface area contributed by atoms with E-state index in [1.807, 2.05) is 0 Å². The van der Waals surface area contributed by atoms with E-state index in [2.05, 4.69) is 4.98 Å². The van der Waals surface area contributed by atoms with E-state index < -0.39 is 11.8 Å². The van der Waals surface area contributed by atoms with Crippen LogP contribution in [-0.2, 0) is 0 Å². The fraction of sp³-hybridized carbons (Fsp3) is 0. The summed E-state index contributed by atoms with van der Waals surface area (Å²) in [5.74, 6) is -0.598. The monoisotopic (exact) mass is 257 g/mol. The number of benzene rings is 2. The zero-order valence-electron chi connectivity index (χ0n) is 9.67. The summed E-state index contributed by atoms with van der Waals surface area (Å²) in [6, 6.07) is 10.0. The van der Waals surface area contributed by atoms with Gasteiger partial charge in [0.25, 0.3) is 0 Å². The number of ether oxygens (including phenoxy) is 1. The molecule has 0 amide bonds. The highest BCUT2D eigenvalue weighted by Gasteiger charge is 2.09. The Bertz CT molecular complexity index is 734. The number of carbonyl (C=O) groups is 1. The molecule has 3 rings (SSSR count). The van der Waals surface area contributed by atoms with Crippen molar-refractivity contribution in [3.05, 3.63) is 60.2 Å². The molecular weight excluding hydrogens is 249 g/mol. The molecule has 4 nitrogen and oxygen atoms in total. The van der Waals surface area contributed by atoms with E-state index >= 15 is 0 Å². The largest absolute Gasteiger partial charge is 0.443 e. The van der Waals surface area contributed by atoms with Crippen LogP contribution >= 0.6 is 0 Å². The molecule has 0 bridgehead atoms. The van der Waals surface area contributed by atoms with E-state index in [-0.39, 0.29) is 5.56 Å². The van der Waals surface area contributed by atoms with Crippen LogP contribution in [0, 0.1) is 5.82 Å². The molecule has 0 N–H and O–H groups in total. The summed E-state index contributed by atoms with van der Waals surface area (Å²) in [4.78, 5) is 15.8. The van der Waals surface area contributed by atoms with Gasteiger partial charge >= 0.3 is 5.97 Å². The molecular formula is C14H8FNO3. The third-order valence-corrected chi connectivity index (χ3v) is 2.59. The lowest BCUT2D eigenvalue weighted by Crippen LogP contribution is -2.08. The van der Waals surface area contributed by atoms with Crippen LogP contribution in [0.5, 0.6) is 5.75 Å². The van der Waals surface area contributed by atoms with Crippen molar-refractivity contribution < 1.29 is 18.3 Å². The summed E-state index contributed by atoms with van der Waals surface area (Å²) in [5, 5.41) is 0. The van der Waals surface area contributed by atoms with Crippen molar-refractivity contribution in [3.8, 4) is 5.75 Å². The van der Waals surface area contributed by atoms with E-state index in [4.69, 9.17) is 9.15 Å². The van der Waals surface area contributed by atoms with E-state index in [0.29, 0.717) is 16.8 Å². The standard InChI is InChI=1S/C14H8FNO3/c15-10-3-1-9(2-4-10)14(17)19-11-5-6-13-12(7-11)16-8-18-13/h1-8H. The molecule has 0 unspecified atom stereocenters. The highest BCUT2D eigenvalue weighted by atomic mass is 19.1. The highest BCUT2D eigenvalue weighted by Crippen LogP contribution is 2.20. The minimum Gasteiger partial charge on any atom is -0.443 e. The topological polar surface area (TPSA) is 52.3 Å². The summed E-state index contributed by atoms with van der Waals surface area (Å²) >= 11 is 0. The first kappa shape index (κ1) is 11.4. The van der Waals surface area contributed by atoms with Crippen LogP contribution in [0.3, 0.4) is 0 Å². The number of aromatic nitrogens is 1. The van der Waals surface area contributed by atoms with Gasteiger partial charge < -0.3 is 9.15 Å². The Balaban J connectivity index is 1.83. The number of hydrogen-bond acceptors (Lipinski definition) is 4. The first-order chi connectivity index (χ1) is 9.22. The smallest absolute Gasteiger partial charge is 0.343 e. The molecule has 1 aromatic heterocycles.